The number of nitrogens with zero attached hydrogens (tertiary/aromatic N) is 3. The third kappa shape index (κ3) is 6.81. The molecule has 0 fully saturated rings. The maximum Gasteiger partial charge on any atom is 0.260 e. The fourth-order valence-electron chi connectivity index (χ4n) is 12.2. The molecule has 0 aromatic heterocycles. The first-order chi connectivity index (χ1) is 36.7. The van der Waals surface area contributed by atoms with Crippen molar-refractivity contribution in [2.45, 2.75) is 6.42 Å². The van der Waals surface area contributed by atoms with Crippen LogP contribution in [0.3, 0.4) is 0 Å². The van der Waals surface area contributed by atoms with E-state index in [1.807, 2.05) is 0 Å². The summed E-state index contributed by atoms with van der Waals surface area (Å²) in [4.78, 5) is 7.25. The molecular weight excluding hydrogens is 900 g/mol. The van der Waals surface area contributed by atoms with Crippen LogP contribution in [0.4, 0.5) is 51.2 Å². The molecule has 0 saturated heterocycles. The Bertz CT molecular complexity index is 3820. The summed E-state index contributed by atoms with van der Waals surface area (Å²) in [5.41, 5.74) is 22.1. The number of hydrogen-bond acceptors (Lipinski definition) is 5. The smallest absolute Gasteiger partial charge is 0.260 e. The zero-order chi connectivity index (χ0) is 48.7. The zero-order valence-corrected chi connectivity index (χ0v) is 40.3. The van der Waals surface area contributed by atoms with Crippen LogP contribution in [-0.4, -0.2) is 13.4 Å². The van der Waals surface area contributed by atoms with E-state index in [9.17, 15) is 0 Å². The molecule has 7 heteroatoms. The predicted octanol–water partition coefficient (Wildman–Crippen LogP) is 13.2. The maximum absolute atomic E-state index is 6.90. The molecule has 4 aliphatic rings. The van der Waals surface area contributed by atoms with Gasteiger partial charge < -0.3 is 24.2 Å². The van der Waals surface area contributed by atoms with Crippen molar-refractivity contribution in [3.05, 3.63) is 272 Å². The molecule has 0 unspecified atom stereocenters. The molecule has 0 radical (unpaired) electrons. The van der Waals surface area contributed by atoms with Crippen LogP contribution in [0.2, 0.25) is 0 Å². The van der Waals surface area contributed by atoms with Gasteiger partial charge in [-0.2, -0.15) is 0 Å². The third-order valence-electron chi connectivity index (χ3n) is 15.4. The second-order valence-electron chi connectivity index (χ2n) is 19.6. The number of fused-ring (bicyclic) bond motifs is 8. The lowest BCUT2D eigenvalue weighted by molar-refractivity contribution is 0.465. The molecule has 4 aliphatic heterocycles. The van der Waals surface area contributed by atoms with Gasteiger partial charge in [-0.15, -0.1) is 0 Å². The number of rotatable bonds is 8. The topological polar surface area (TPSA) is 28.2 Å². The van der Waals surface area contributed by atoms with Crippen LogP contribution in [0.15, 0.2) is 261 Å². The minimum atomic E-state index is -0.0372. The van der Waals surface area contributed by atoms with Crippen molar-refractivity contribution < 1.29 is 9.47 Å². The molecule has 0 atom stereocenters. The summed E-state index contributed by atoms with van der Waals surface area (Å²) >= 11 is 0. The largest absolute Gasteiger partial charge is 0.458 e. The Morgan fingerprint density at radius 3 is 1.30 bits per heavy atom. The number of para-hydroxylation sites is 7. The van der Waals surface area contributed by atoms with Crippen LogP contribution < -0.4 is 57.0 Å². The van der Waals surface area contributed by atoms with Crippen molar-refractivity contribution in [1.82, 2.24) is 0 Å². The summed E-state index contributed by atoms with van der Waals surface area (Å²) in [5, 5.41) is 0. The first-order valence-electron chi connectivity index (χ1n) is 25.5. The highest BCUT2D eigenvalue weighted by atomic mass is 16.5. The molecular formula is C67H45B2N3O2. The van der Waals surface area contributed by atoms with Crippen molar-refractivity contribution in [2.75, 3.05) is 14.7 Å². The molecule has 0 aliphatic carbocycles. The van der Waals surface area contributed by atoms with Crippen molar-refractivity contribution in [2.24, 2.45) is 0 Å². The van der Waals surface area contributed by atoms with E-state index in [-0.39, 0.29) is 13.4 Å². The van der Waals surface area contributed by atoms with Crippen LogP contribution >= 0.6 is 0 Å². The third-order valence-corrected chi connectivity index (χ3v) is 15.4. The van der Waals surface area contributed by atoms with E-state index >= 15 is 0 Å². The lowest BCUT2D eigenvalue weighted by atomic mass is 9.32. The normalized spacial score (nSPS) is 12.9. The summed E-state index contributed by atoms with van der Waals surface area (Å²) in [6.45, 7) is -0.0400. The zero-order valence-electron chi connectivity index (χ0n) is 40.3. The van der Waals surface area contributed by atoms with Gasteiger partial charge in [0.15, 0.2) is 0 Å². The van der Waals surface area contributed by atoms with Gasteiger partial charge in [-0.05, 0) is 166 Å². The SMILES string of the molecule is c1ccc(N(c2ccccc2)c2ccc3c(c2)Cc2cc(-c4cc5c6c(c4)Oc4ccccc4B6c4ccccc4O5)cc4c2B3c2ccc(N(c3ccccc3)c3ccccc3)cc2N4c2ccccc2)cc1. The highest BCUT2D eigenvalue weighted by Gasteiger charge is 2.43. The van der Waals surface area contributed by atoms with Gasteiger partial charge in [-0.3, -0.25) is 0 Å². The fraction of sp³-hybridized carbons (Fsp3) is 0.0149. The van der Waals surface area contributed by atoms with E-state index in [4.69, 9.17) is 9.47 Å². The number of hydrogen-bond donors (Lipinski definition) is 0. The predicted molar refractivity (Wildman–Crippen MR) is 308 cm³/mol. The van der Waals surface area contributed by atoms with Gasteiger partial charge in [0.25, 0.3) is 6.71 Å². The second kappa shape index (κ2) is 17.1. The van der Waals surface area contributed by atoms with Crippen molar-refractivity contribution >= 4 is 97.4 Å². The van der Waals surface area contributed by atoms with Crippen LogP contribution in [0.25, 0.3) is 11.1 Å². The molecule has 11 aromatic rings. The van der Waals surface area contributed by atoms with E-state index in [0.717, 1.165) is 108 Å². The van der Waals surface area contributed by atoms with Gasteiger partial charge in [0.2, 0.25) is 6.71 Å². The summed E-state index contributed by atoms with van der Waals surface area (Å²) in [6, 6.07) is 94.3. The lowest BCUT2D eigenvalue weighted by Crippen LogP contribution is -2.61. The second-order valence-corrected chi connectivity index (χ2v) is 19.6. The van der Waals surface area contributed by atoms with Crippen molar-refractivity contribution in [1.29, 1.82) is 0 Å². The molecule has 346 valence electrons. The Morgan fingerprint density at radius 1 is 0.311 bits per heavy atom. The van der Waals surface area contributed by atoms with Gasteiger partial charge in [-0.1, -0.05) is 151 Å². The highest BCUT2D eigenvalue weighted by Crippen LogP contribution is 2.46. The molecule has 15 rings (SSSR count). The molecule has 0 bridgehead atoms. The Balaban J connectivity index is 0.967. The maximum atomic E-state index is 6.90. The number of anilines is 9. The Morgan fingerprint density at radius 2 is 0.757 bits per heavy atom. The standard InChI is InChI=1S/C67H45B2N3O2/c1-6-20-49(21-7-1)70(50-22-8-2-9-23-50)54-34-36-56-47(40-54)39-48-38-45(46-42-64-67-65(43-46)74-63-33-19-17-31-59(63)69(67)58-30-16-18-32-62(58)73-64)41-61-66(48)68(56)57-37-35-55(44-60(57)72(61)53-28-14-5-15-29-53)71(51-24-10-3-11-25-51)52-26-12-4-13-27-52/h1-38,40-44H,39H2. The van der Waals surface area contributed by atoms with E-state index < -0.39 is 0 Å². The summed E-state index contributed by atoms with van der Waals surface area (Å²) in [7, 11) is 0. The van der Waals surface area contributed by atoms with E-state index in [2.05, 4.69) is 276 Å². The average molecular weight is 946 g/mol. The molecule has 74 heavy (non-hydrogen) atoms. The Kier molecular flexibility index (Phi) is 9.77. The summed E-state index contributed by atoms with van der Waals surface area (Å²) in [5.74, 6) is 3.41. The molecule has 5 nitrogen and oxygen atoms in total. The first-order valence-corrected chi connectivity index (χ1v) is 25.5. The molecule has 11 aromatic carbocycles. The summed E-state index contributed by atoms with van der Waals surface area (Å²) in [6.07, 6.45) is 0.757. The van der Waals surface area contributed by atoms with Crippen LogP contribution in [-0.2, 0) is 6.42 Å². The van der Waals surface area contributed by atoms with Crippen molar-refractivity contribution in [3.63, 3.8) is 0 Å². The fourth-order valence-corrected chi connectivity index (χ4v) is 12.2. The van der Waals surface area contributed by atoms with E-state index in [1.54, 1.807) is 0 Å². The van der Waals surface area contributed by atoms with Crippen molar-refractivity contribution in [3.8, 4) is 34.1 Å². The van der Waals surface area contributed by atoms with E-state index in [0.29, 0.717) is 0 Å². The lowest BCUT2D eigenvalue weighted by Gasteiger charge is -2.42. The van der Waals surface area contributed by atoms with Crippen LogP contribution in [0.5, 0.6) is 23.0 Å². The Labute approximate surface area is 431 Å². The quantitative estimate of drug-likeness (QED) is 0.142. The molecule has 0 N–H and O–H groups in total. The monoisotopic (exact) mass is 945 g/mol. The van der Waals surface area contributed by atoms with E-state index in [1.165, 1.54) is 27.5 Å². The average Bonchev–Trinajstić information content (AvgIpc) is 3.49. The molecule has 0 spiro atoms. The minimum absolute atomic E-state index is 0.00274. The van der Waals surface area contributed by atoms with Crippen LogP contribution in [0.1, 0.15) is 11.1 Å². The summed E-state index contributed by atoms with van der Waals surface area (Å²) < 4.78 is 13.8. The van der Waals surface area contributed by atoms with Gasteiger partial charge in [-0.25, -0.2) is 0 Å². The van der Waals surface area contributed by atoms with Gasteiger partial charge in [0, 0.05) is 56.6 Å². The highest BCUT2D eigenvalue weighted by molar-refractivity contribution is 6.99. The van der Waals surface area contributed by atoms with Crippen LogP contribution in [0, 0.1) is 0 Å². The first kappa shape index (κ1) is 42.3. The van der Waals surface area contributed by atoms with Gasteiger partial charge >= 0.3 is 0 Å². The Hall–Kier alpha value is -9.45. The minimum Gasteiger partial charge on any atom is -0.458 e. The molecule has 0 saturated carbocycles. The molecule has 0 amide bonds. The number of ether oxygens (including phenoxy) is 2. The molecule has 4 heterocycles. The number of benzene rings is 11. The van der Waals surface area contributed by atoms with Gasteiger partial charge in [0.1, 0.15) is 23.0 Å². The van der Waals surface area contributed by atoms with Gasteiger partial charge in [0.05, 0.1) is 0 Å².